The largest absolute Gasteiger partial charge is 0.317 e. The zero-order chi connectivity index (χ0) is 14.8. The van der Waals surface area contributed by atoms with Crippen LogP contribution in [0.3, 0.4) is 0 Å². The molecule has 0 saturated heterocycles. The molecule has 0 aliphatic carbocycles. The smallest absolute Gasteiger partial charge is 0.259 e. The Bertz CT molecular complexity index is 835. The van der Waals surface area contributed by atoms with E-state index in [2.05, 4.69) is 34.6 Å². The third-order valence-electron chi connectivity index (χ3n) is 3.63. The maximum Gasteiger partial charge on any atom is 0.259 e. The third kappa shape index (κ3) is 2.45. The van der Waals surface area contributed by atoms with Crippen LogP contribution in [0.5, 0.6) is 0 Å². The molecular weight excluding hydrogens is 262 g/mol. The standard InChI is InChI=1S/C17H17N3O/c1-18-9-12-3-5-13(6-4-12)16-11-20(2)17(21)15-10-19-8-7-14(15)16/h3-8,10-11,18H,9H2,1-2H3. The fraction of sp³-hybridized carbons (Fsp3) is 0.176. The van der Waals surface area contributed by atoms with Crippen molar-refractivity contribution in [3.8, 4) is 11.1 Å². The summed E-state index contributed by atoms with van der Waals surface area (Å²) in [4.78, 5) is 16.2. The lowest BCUT2D eigenvalue weighted by molar-refractivity contribution is 0.818. The van der Waals surface area contributed by atoms with Crippen LogP contribution in [0.2, 0.25) is 0 Å². The molecule has 0 atom stereocenters. The first-order valence-electron chi connectivity index (χ1n) is 6.88. The maximum atomic E-state index is 12.2. The molecule has 0 aliphatic rings. The normalized spacial score (nSPS) is 11.0. The molecule has 4 heteroatoms. The lowest BCUT2D eigenvalue weighted by Gasteiger charge is -2.10. The van der Waals surface area contributed by atoms with Crippen LogP contribution in [0.1, 0.15) is 5.56 Å². The summed E-state index contributed by atoms with van der Waals surface area (Å²) >= 11 is 0. The van der Waals surface area contributed by atoms with Crippen LogP contribution in [-0.4, -0.2) is 16.6 Å². The molecule has 0 radical (unpaired) electrons. The highest BCUT2D eigenvalue weighted by molar-refractivity contribution is 5.95. The van der Waals surface area contributed by atoms with Crippen LogP contribution in [0.15, 0.2) is 53.7 Å². The topological polar surface area (TPSA) is 46.9 Å². The quantitative estimate of drug-likeness (QED) is 0.800. The molecule has 106 valence electrons. The van der Waals surface area contributed by atoms with E-state index < -0.39 is 0 Å². The molecule has 4 nitrogen and oxygen atoms in total. The van der Waals surface area contributed by atoms with Gasteiger partial charge in [-0.2, -0.15) is 0 Å². The van der Waals surface area contributed by atoms with E-state index in [1.807, 2.05) is 19.3 Å². The highest BCUT2D eigenvalue weighted by Crippen LogP contribution is 2.26. The number of fused-ring (bicyclic) bond motifs is 1. The first kappa shape index (κ1) is 13.5. The van der Waals surface area contributed by atoms with Crippen molar-refractivity contribution in [1.82, 2.24) is 14.9 Å². The van der Waals surface area contributed by atoms with Crippen LogP contribution >= 0.6 is 0 Å². The van der Waals surface area contributed by atoms with Crippen LogP contribution in [-0.2, 0) is 13.6 Å². The van der Waals surface area contributed by atoms with Gasteiger partial charge < -0.3 is 9.88 Å². The summed E-state index contributed by atoms with van der Waals surface area (Å²) in [7, 11) is 3.70. The highest BCUT2D eigenvalue weighted by atomic mass is 16.1. The molecule has 0 spiro atoms. The van der Waals surface area contributed by atoms with Gasteiger partial charge in [-0.05, 0) is 29.6 Å². The predicted octanol–water partition coefficient (Wildman–Crippen LogP) is 2.32. The Morgan fingerprint density at radius 2 is 1.90 bits per heavy atom. The van der Waals surface area contributed by atoms with Gasteiger partial charge in [0.2, 0.25) is 0 Å². The maximum absolute atomic E-state index is 12.2. The van der Waals surface area contributed by atoms with Crippen molar-refractivity contribution in [1.29, 1.82) is 0 Å². The molecule has 2 heterocycles. The Morgan fingerprint density at radius 3 is 2.62 bits per heavy atom. The molecule has 1 aromatic carbocycles. The molecular formula is C17H17N3O. The monoisotopic (exact) mass is 279 g/mol. The lowest BCUT2D eigenvalue weighted by atomic mass is 10.0. The number of pyridine rings is 2. The fourth-order valence-corrected chi connectivity index (χ4v) is 2.55. The van der Waals surface area contributed by atoms with Crippen LogP contribution in [0.4, 0.5) is 0 Å². The van der Waals surface area contributed by atoms with Gasteiger partial charge in [-0.25, -0.2) is 0 Å². The first-order valence-corrected chi connectivity index (χ1v) is 6.88. The van der Waals surface area contributed by atoms with E-state index in [1.165, 1.54) is 5.56 Å². The number of aryl methyl sites for hydroxylation is 1. The van der Waals surface area contributed by atoms with Gasteiger partial charge in [0.25, 0.3) is 5.56 Å². The summed E-state index contributed by atoms with van der Waals surface area (Å²) in [5.74, 6) is 0. The third-order valence-corrected chi connectivity index (χ3v) is 3.63. The van der Waals surface area contributed by atoms with E-state index in [9.17, 15) is 4.79 Å². The molecule has 0 bridgehead atoms. The van der Waals surface area contributed by atoms with Gasteiger partial charge in [-0.15, -0.1) is 0 Å². The number of benzene rings is 1. The van der Waals surface area contributed by atoms with Crippen molar-refractivity contribution in [3.63, 3.8) is 0 Å². The molecule has 3 rings (SSSR count). The highest BCUT2D eigenvalue weighted by Gasteiger charge is 2.08. The number of hydrogen-bond acceptors (Lipinski definition) is 3. The van der Waals surface area contributed by atoms with Gasteiger partial charge in [0, 0.05) is 37.7 Å². The summed E-state index contributed by atoms with van der Waals surface area (Å²) in [5.41, 5.74) is 3.36. The van der Waals surface area contributed by atoms with Gasteiger partial charge in [0.05, 0.1) is 5.39 Å². The second-order valence-corrected chi connectivity index (χ2v) is 5.11. The van der Waals surface area contributed by atoms with Crippen molar-refractivity contribution in [2.75, 3.05) is 7.05 Å². The second kappa shape index (κ2) is 5.50. The first-order chi connectivity index (χ1) is 10.2. The zero-order valence-corrected chi connectivity index (χ0v) is 12.1. The zero-order valence-electron chi connectivity index (χ0n) is 12.1. The molecule has 1 N–H and O–H groups in total. The Hall–Kier alpha value is -2.46. The molecule has 3 aromatic rings. The van der Waals surface area contributed by atoms with E-state index in [0.29, 0.717) is 5.39 Å². The Morgan fingerprint density at radius 1 is 1.14 bits per heavy atom. The van der Waals surface area contributed by atoms with E-state index in [1.54, 1.807) is 24.0 Å². The van der Waals surface area contributed by atoms with Crippen molar-refractivity contribution < 1.29 is 0 Å². The van der Waals surface area contributed by atoms with Crippen LogP contribution in [0, 0.1) is 0 Å². The molecule has 0 aliphatic heterocycles. The number of hydrogen-bond donors (Lipinski definition) is 1. The van der Waals surface area contributed by atoms with E-state index >= 15 is 0 Å². The molecule has 21 heavy (non-hydrogen) atoms. The summed E-state index contributed by atoms with van der Waals surface area (Å²) in [5, 5.41) is 4.72. The number of rotatable bonds is 3. The van der Waals surface area contributed by atoms with Gasteiger partial charge in [-0.3, -0.25) is 9.78 Å². The number of nitrogens with zero attached hydrogens (tertiary/aromatic N) is 2. The average Bonchev–Trinajstić information content (AvgIpc) is 2.52. The number of aromatic nitrogens is 2. The Kier molecular flexibility index (Phi) is 3.54. The van der Waals surface area contributed by atoms with E-state index in [-0.39, 0.29) is 5.56 Å². The van der Waals surface area contributed by atoms with Crippen LogP contribution in [0.25, 0.3) is 21.9 Å². The van der Waals surface area contributed by atoms with Crippen molar-refractivity contribution in [2.24, 2.45) is 7.05 Å². The summed E-state index contributed by atoms with van der Waals surface area (Å²) in [6, 6.07) is 10.3. The second-order valence-electron chi connectivity index (χ2n) is 5.11. The lowest BCUT2D eigenvalue weighted by Crippen LogP contribution is -2.16. The summed E-state index contributed by atoms with van der Waals surface area (Å²) in [6.45, 7) is 0.845. The van der Waals surface area contributed by atoms with Crippen molar-refractivity contribution >= 4 is 10.8 Å². The molecule has 0 fully saturated rings. The SMILES string of the molecule is CNCc1ccc(-c2cn(C)c(=O)c3cnccc23)cc1. The van der Waals surface area contributed by atoms with Crippen molar-refractivity contribution in [3.05, 3.63) is 64.8 Å². The molecule has 0 amide bonds. The Balaban J connectivity index is 2.20. The minimum absolute atomic E-state index is 0.0198. The van der Waals surface area contributed by atoms with Gasteiger partial charge in [0.15, 0.2) is 0 Å². The summed E-state index contributed by atoms with van der Waals surface area (Å²) in [6.07, 6.45) is 5.24. The number of nitrogens with one attached hydrogen (secondary N) is 1. The Labute approximate surface area is 123 Å². The fourth-order valence-electron chi connectivity index (χ4n) is 2.55. The van der Waals surface area contributed by atoms with Gasteiger partial charge in [0.1, 0.15) is 0 Å². The van der Waals surface area contributed by atoms with E-state index in [4.69, 9.17) is 0 Å². The minimum Gasteiger partial charge on any atom is -0.317 e. The molecule has 0 saturated carbocycles. The van der Waals surface area contributed by atoms with Crippen molar-refractivity contribution in [2.45, 2.75) is 6.54 Å². The predicted molar refractivity (Wildman–Crippen MR) is 85.2 cm³/mol. The van der Waals surface area contributed by atoms with Crippen LogP contribution < -0.4 is 10.9 Å². The van der Waals surface area contributed by atoms with Gasteiger partial charge >= 0.3 is 0 Å². The molecule has 2 aromatic heterocycles. The summed E-state index contributed by atoms with van der Waals surface area (Å²) < 4.78 is 1.61. The van der Waals surface area contributed by atoms with Gasteiger partial charge in [-0.1, -0.05) is 24.3 Å². The minimum atomic E-state index is -0.0198. The molecule has 0 unspecified atom stereocenters. The van der Waals surface area contributed by atoms with E-state index in [0.717, 1.165) is 23.1 Å². The average molecular weight is 279 g/mol.